The largest absolute Gasteiger partial charge is 0.496 e. The molecule has 1 heterocycles. The van der Waals surface area contributed by atoms with Crippen molar-refractivity contribution in [1.82, 2.24) is 5.32 Å². The van der Waals surface area contributed by atoms with Crippen molar-refractivity contribution >= 4 is 17.4 Å². The summed E-state index contributed by atoms with van der Waals surface area (Å²) in [5.74, 6) is -0.735. The van der Waals surface area contributed by atoms with E-state index < -0.39 is 11.7 Å². The Hall–Kier alpha value is -3.41. The van der Waals surface area contributed by atoms with Crippen LogP contribution in [0.5, 0.6) is 5.75 Å². The maximum absolute atomic E-state index is 13.6. The molecular weight excluding hydrogens is 383 g/mol. The minimum atomic E-state index is -0.557. The van der Waals surface area contributed by atoms with E-state index in [1.54, 1.807) is 13.2 Å². The summed E-state index contributed by atoms with van der Waals surface area (Å²) >= 11 is 0. The van der Waals surface area contributed by atoms with Gasteiger partial charge in [-0.15, -0.1) is 0 Å². The molecule has 1 aliphatic carbocycles. The van der Waals surface area contributed by atoms with Gasteiger partial charge in [0.05, 0.1) is 13.0 Å². The summed E-state index contributed by atoms with van der Waals surface area (Å²) in [5, 5.41) is 6.06. The lowest BCUT2D eigenvalue weighted by molar-refractivity contribution is -0.116. The van der Waals surface area contributed by atoms with Crippen molar-refractivity contribution in [3.8, 4) is 5.75 Å². The summed E-state index contributed by atoms with van der Waals surface area (Å²) in [6.45, 7) is 1.83. The van der Waals surface area contributed by atoms with Crippen LogP contribution in [0.25, 0.3) is 0 Å². The van der Waals surface area contributed by atoms with Gasteiger partial charge in [0, 0.05) is 40.2 Å². The van der Waals surface area contributed by atoms with Crippen LogP contribution in [0.2, 0.25) is 0 Å². The van der Waals surface area contributed by atoms with E-state index in [4.69, 9.17) is 4.74 Å². The minimum absolute atomic E-state index is 0.0308. The van der Waals surface area contributed by atoms with Crippen LogP contribution in [-0.2, 0) is 9.59 Å². The van der Waals surface area contributed by atoms with Gasteiger partial charge in [-0.2, -0.15) is 0 Å². The van der Waals surface area contributed by atoms with Crippen molar-refractivity contribution in [2.75, 3.05) is 12.4 Å². The molecule has 2 aromatic carbocycles. The van der Waals surface area contributed by atoms with E-state index in [0.29, 0.717) is 34.7 Å². The highest BCUT2D eigenvalue weighted by molar-refractivity contribution is 6.09. The van der Waals surface area contributed by atoms with E-state index in [2.05, 4.69) is 10.6 Å². The first kappa shape index (κ1) is 19.9. The van der Waals surface area contributed by atoms with Gasteiger partial charge in [-0.05, 0) is 44.0 Å². The maximum atomic E-state index is 13.6. The molecule has 0 saturated carbocycles. The van der Waals surface area contributed by atoms with Gasteiger partial charge in [0.2, 0.25) is 0 Å². The van der Waals surface area contributed by atoms with Crippen molar-refractivity contribution in [3.05, 3.63) is 82.5 Å². The van der Waals surface area contributed by atoms with E-state index in [1.165, 1.54) is 18.2 Å². The number of carbonyl (C=O) groups excluding carboxylic acids is 2. The second-order valence-corrected chi connectivity index (χ2v) is 7.47. The predicted molar refractivity (Wildman–Crippen MR) is 112 cm³/mol. The molecule has 1 atom stereocenters. The van der Waals surface area contributed by atoms with Crippen molar-refractivity contribution in [3.63, 3.8) is 0 Å². The number of carbonyl (C=O) groups is 2. The molecule has 2 aromatic rings. The number of benzene rings is 2. The summed E-state index contributed by atoms with van der Waals surface area (Å²) in [6.07, 6.45) is 1.98. The number of dihydropyridines is 1. The van der Waals surface area contributed by atoms with E-state index in [0.717, 1.165) is 24.1 Å². The first-order valence-electron chi connectivity index (χ1n) is 9.93. The zero-order chi connectivity index (χ0) is 21.3. The van der Waals surface area contributed by atoms with Crippen molar-refractivity contribution in [1.29, 1.82) is 0 Å². The third kappa shape index (κ3) is 3.61. The molecule has 1 unspecified atom stereocenters. The number of methoxy groups -OCH3 is 1. The van der Waals surface area contributed by atoms with Crippen molar-refractivity contribution < 1.29 is 18.7 Å². The summed E-state index contributed by atoms with van der Waals surface area (Å²) in [6, 6.07) is 13.2. The smallest absolute Gasteiger partial charge is 0.254 e. The third-order valence-corrected chi connectivity index (χ3v) is 5.55. The summed E-state index contributed by atoms with van der Waals surface area (Å²) < 4.78 is 19.2. The van der Waals surface area contributed by atoms with Crippen LogP contribution in [0, 0.1) is 5.82 Å². The lowest BCUT2D eigenvalue weighted by atomic mass is 9.74. The Balaban J connectivity index is 1.82. The van der Waals surface area contributed by atoms with Gasteiger partial charge in [-0.1, -0.05) is 24.3 Å². The summed E-state index contributed by atoms with van der Waals surface area (Å²) in [5.41, 5.74) is 3.69. The van der Waals surface area contributed by atoms with Crippen LogP contribution in [0.1, 0.15) is 37.7 Å². The predicted octanol–water partition coefficient (Wildman–Crippen LogP) is 4.44. The quantitative estimate of drug-likeness (QED) is 0.788. The topological polar surface area (TPSA) is 67.4 Å². The molecular formula is C24H23FN2O3. The highest BCUT2D eigenvalue weighted by Crippen LogP contribution is 2.45. The minimum Gasteiger partial charge on any atom is -0.496 e. The fourth-order valence-electron chi connectivity index (χ4n) is 4.26. The molecule has 6 heteroatoms. The van der Waals surface area contributed by atoms with E-state index in [9.17, 15) is 14.0 Å². The molecule has 154 valence electrons. The fraction of sp³-hybridized carbons (Fsp3) is 0.250. The van der Waals surface area contributed by atoms with Crippen molar-refractivity contribution in [2.24, 2.45) is 0 Å². The number of para-hydroxylation sites is 1. The first-order chi connectivity index (χ1) is 14.5. The van der Waals surface area contributed by atoms with Crippen LogP contribution >= 0.6 is 0 Å². The van der Waals surface area contributed by atoms with Crippen molar-refractivity contribution in [2.45, 2.75) is 32.1 Å². The Morgan fingerprint density at radius 1 is 1.17 bits per heavy atom. The molecule has 0 saturated heterocycles. The molecule has 0 radical (unpaired) electrons. The van der Waals surface area contributed by atoms with Gasteiger partial charge < -0.3 is 15.4 Å². The molecule has 0 spiro atoms. The van der Waals surface area contributed by atoms with Gasteiger partial charge in [0.15, 0.2) is 5.78 Å². The molecule has 0 bridgehead atoms. The number of halogens is 1. The number of rotatable bonds is 4. The van der Waals surface area contributed by atoms with Gasteiger partial charge in [0.25, 0.3) is 5.91 Å². The number of Topliss-reactive ketones (excluding diaryl/α,β-unsaturated/α-hetero) is 1. The first-order valence-corrected chi connectivity index (χ1v) is 9.93. The third-order valence-electron chi connectivity index (χ3n) is 5.55. The molecule has 5 nitrogen and oxygen atoms in total. The van der Waals surface area contributed by atoms with Gasteiger partial charge >= 0.3 is 0 Å². The zero-order valence-electron chi connectivity index (χ0n) is 16.9. The zero-order valence-corrected chi connectivity index (χ0v) is 16.9. The number of allylic oxidation sites excluding steroid dienone is 3. The second kappa shape index (κ2) is 8.14. The molecule has 2 N–H and O–H groups in total. The van der Waals surface area contributed by atoms with Crippen LogP contribution < -0.4 is 15.4 Å². The van der Waals surface area contributed by atoms with Gasteiger partial charge in [0.1, 0.15) is 11.6 Å². The van der Waals surface area contributed by atoms with Crippen LogP contribution in [0.15, 0.2) is 71.1 Å². The fourth-order valence-corrected chi connectivity index (χ4v) is 4.26. The molecule has 0 fully saturated rings. The average molecular weight is 406 g/mol. The average Bonchev–Trinajstić information content (AvgIpc) is 2.72. The number of anilines is 1. The van der Waals surface area contributed by atoms with Crippen LogP contribution in [0.4, 0.5) is 10.1 Å². The summed E-state index contributed by atoms with van der Waals surface area (Å²) in [7, 11) is 1.57. The van der Waals surface area contributed by atoms with Crippen LogP contribution in [-0.4, -0.2) is 18.8 Å². The number of nitrogens with one attached hydrogen (secondary N) is 2. The maximum Gasteiger partial charge on any atom is 0.254 e. The lowest BCUT2D eigenvalue weighted by Crippen LogP contribution is -2.35. The number of hydrogen-bond acceptors (Lipinski definition) is 4. The Bertz CT molecular complexity index is 1090. The highest BCUT2D eigenvalue weighted by Gasteiger charge is 2.39. The number of ketones is 1. The Kier molecular flexibility index (Phi) is 5.40. The standard InChI is InChI=1S/C24H23FN2O3/c1-14-21(24(29)27-16-8-5-7-15(25)13-16)22(17-9-3-4-12-20(17)30-2)23-18(26-14)10-6-11-19(23)28/h3-5,7-9,12-13,22,26H,6,10-11H2,1-2H3,(H,27,29). The van der Waals surface area contributed by atoms with E-state index in [1.807, 2.05) is 31.2 Å². The number of ether oxygens (including phenoxy) is 1. The number of hydrogen-bond donors (Lipinski definition) is 2. The molecule has 1 aliphatic heterocycles. The summed E-state index contributed by atoms with van der Waals surface area (Å²) in [4.78, 5) is 26.3. The highest BCUT2D eigenvalue weighted by atomic mass is 19.1. The monoisotopic (exact) mass is 406 g/mol. The lowest BCUT2D eigenvalue weighted by Gasteiger charge is -2.35. The molecule has 4 rings (SSSR count). The molecule has 0 aromatic heterocycles. The van der Waals surface area contributed by atoms with E-state index in [-0.39, 0.29) is 11.7 Å². The van der Waals surface area contributed by atoms with Gasteiger partial charge in [-0.3, -0.25) is 9.59 Å². The normalized spacial score (nSPS) is 18.6. The second-order valence-electron chi connectivity index (χ2n) is 7.47. The number of amides is 1. The van der Waals surface area contributed by atoms with Crippen LogP contribution in [0.3, 0.4) is 0 Å². The van der Waals surface area contributed by atoms with E-state index >= 15 is 0 Å². The Morgan fingerprint density at radius 2 is 1.97 bits per heavy atom. The SMILES string of the molecule is COc1ccccc1C1C(C(=O)Nc2cccc(F)c2)=C(C)NC2=C1C(=O)CCC2. The molecule has 30 heavy (non-hydrogen) atoms. The Labute approximate surface area is 174 Å². The van der Waals surface area contributed by atoms with Gasteiger partial charge in [-0.25, -0.2) is 4.39 Å². The molecule has 1 amide bonds. The molecule has 2 aliphatic rings. The Morgan fingerprint density at radius 3 is 2.73 bits per heavy atom.